The van der Waals surface area contributed by atoms with Crippen LogP contribution < -0.4 is 10.1 Å². The highest BCUT2D eigenvalue weighted by atomic mass is 32.2. The first-order valence-electron chi connectivity index (χ1n) is 10.4. The maximum Gasteiger partial charge on any atom is 0.251 e. The van der Waals surface area contributed by atoms with E-state index in [0.29, 0.717) is 12.1 Å². The quantitative estimate of drug-likeness (QED) is 0.754. The van der Waals surface area contributed by atoms with E-state index in [2.05, 4.69) is 5.32 Å². The van der Waals surface area contributed by atoms with Crippen molar-refractivity contribution < 1.29 is 17.9 Å². The van der Waals surface area contributed by atoms with Crippen LogP contribution in [0.4, 0.5) is 0 Å². The lowest BCUT2D eigenvalue weighted by Gasteiger charge is -2.32. The number of hydrogen-bond donors (Lipinski definition) is 1. The Labute approximate surface area is 168 Å². The summed E-state index contributed by atoms with van der Waals surface area (Å²) in [5.41, 5.74) is 0.369. The summed E-state index contributed by atoms with van der Waals surface area (Å²) in [7, 11) is -2.26. The summed E-state index contributed by atoms with van der Waals surface area (Å²) in [5.74, 6) is 0.0708. The number of amides is 1. The normalized spacial score (nSPS) is 22.4. The van der Waals surface area contributed by atoms with Gasteiger partial charge in [-0.2, -0.15) is 4.31 Å². The molecule has 1 atom stereocenters. The molecule has 156 valence electrons. The Morgan fingerprint density at radius 3 is 2.39 bits per heavy atom. The number of carbonyl (C=O) groups is 1. The van der Waals surface area contributed by atoms with Crippen molar-refractivity contribution in [2.24, 2.45) is 0 Å². The van der Waals surface area contributed by atoms with Gasteiger partial charge in [0, 0.05) is 24.2 Å². The average Bonchev–Trinajstić information content (AvgIpc) is 2.96. The molecule has 1 aliphatic carbocycles. The van der Waals surface area contributed by atoms with Crippen LogP contribution in [0.15, 0.2) is 23.1 Å². The molecule has 1 N–H and O–H groups in total. The standard InChI is InChI=1S/C21H32N2O4S/c1-16-9-7-8-14-23(16)28(25,26)20-15-17(12-13-19(20)27-2)21(24)22-18-10-5-3-4-6-11-18/h12-13,15-16,18H,3-11,14H2,1-2H3,(H,22,24)/t16-/m1/s1. The van der Waals surface area contributed by atoms with Gasteiger partial charge in [0.1, 0.15) is 10.6 Å². The Morgan fingerprint density at radius 1 is 1.07 bits per heavy atom. The second-order valence-corrected chi connectivity index (χ2v) is 9.85. The highest BCUT2D eigenvalue weighted by molar-refractivity contribution is 7.89. The van der Waals surface area contributed by atoms with Gasteiger partial charge in [0.15, 0.2) is 0 Å². The highest BCUT2D eigenvalue weighted by Gasteiger charge is 2.33. The minimum atomic E-state index is -3.72. The first-order chi connectivity index (χ1) is 13.4. The van der Waals surface area contributed by atoms with Crippen molar-refractivity contribution in [3.63, 3.8) is 0 Å². The van der Waals surface area contributed by atoms with E-state index < -0.39 is 10.0 Å². The molecule has 1 aromatic carbocycles. The number of ether oxygens (including phenoxy) is 1. The molecule has 0 spiro atoms. The number of sulfonamides is 1. The lowest BCUT2D eigenvalue weighted by Crippen LogP contribution is -2.42. The summed E-state index contributed by atoms with van der Waals surface area (Å²) in [6.07, 6.45) is 9.39. The number of benzene rings is 1. The van der Waals surface area contributed by atoms with Gasteiger partial charge in [-0.25, -0.2) is 8.42 Å². The van der Waals surface area contributed by atoms with Gasteiger partial charge in [-0.05, 0) is 50.8 Å². The van der Waals surface area contributed by atoms with Gasteiger partial charge in [0.2, 0.25) is 10.0 Å². The molecule has 2 aliphatic rings. The van der Waals surface area contributed by atoms with Crippen LogP contribution in [-0.4, -0.2) is 44.4 Å². The lowest BCUT2D eigenvalue weighted by molar-refractivity contribution is 0.0933. The van der Waals surface area contributed by atoms with Gasteiger partial charge in [-0.3, -0.25) is 4.79 Å². The van der Waals surface area contributed by atoms with Crippen molar-refractivity contribution in [1.82, 2.24) is 9.62 Å². The first-order valence-corrected chi connectivity index (χ1v) is 11.9. The molecule has 2 fully saturated rings. The molecule has 0 radical (unpaired) electrons. The molecule has 3 rings (SSSR count). The first kappa shape index (κ1) is 21.1. The maximum atomic E-state index is 13.3. The molecule has 6 nitrogen and oxygen atoms in total. The molecule has 0 unspecified atom stereocenters. The number of hydrogen-bond acceptors (Lipinski definition) is 4. The van der Waals surface area contributed by atoms with Crippen LogP contribution in [0.1, 0.15) is 75.1 Å². The number of rotatable bonds is 5. The number of carbonyl (C=O) groups excluding carboxylic acids is 1. The Balaban J connectivity index is 1.86. The van der Waals surface area contributed by atoms with E-state index in [1.165, 1.54) is 26.0 Å². The van der Waals surface area contributed by atoms with E-state index >= 15 is 0 Å². The smallest absolute Gasteiger partial charge is 0.251 e. The van der Waals surface area contributed by atoms with Crippen molar-refractivity contribution in [2.45, 2.75) is 81.7 Å². The third-order valence-electron chi connectivity index (χ3n) is 5.94. The van der Waals surface area contributed by atoms with Crippen molar-refractivity contribution in [2.75, 3.05) is 13.7 Å². The topological polar surface area (TPSA) is 75.7 Å². The Kier molecular flexibility index (Phi) is 6.99. The molecule has 1 saturated heterocycles. The molecule has 1 heterocycles. The van der Waals surface area contributed by atoms with E-state index in [9.17, 15) is 13.2 Å². The summed E-state index contributed by atoms with van der Waals surface area (Å²) >= 11 is 0. The zero-order valence-corrected chi connectivity index (χ0v) is 17.8. The number of nitrogens with one attached hydrogen (secondary N) is 1. The Hall–Kier alpha value is -1.60. The number of nitrogens with zero attached hydrogens (tertiary/aromatic N) is 1. The van der Waals surface area contributed by atoms with E-state index in [-0.39, 0.29) is 28.6 Å². The van der Waals surface area contributed by atoms with Crippen molar-refractivity contribution in [3.05, 3.63) is 23.8 Å². The number of piperidine rings is 1. The molecule has 1 aliphatic heterocycles. The Morgan fingerprint density at radius 2 is 1.75 bits per heavy atom. The van der Waals surface area contributed by atoms with Gasteiger partial charge >= 0.3 is 0 Å². The van der Waals surface area contributed by atoms with Crippen LogP contribution in [0.2, 0.25) is 0 Å². The molecule has 0 bridgehead atoms. The Bertz CT molecular complexity index is 786. The summed E-state index contributed by atoms with van der Waals surface area (Å²) in [6, 6.07) is 4.82. The predicted molar refractivity (Wildman–Crippen MR) is 109 cm³/mol. The van der Waals surface area contributed by atoms with Crippen molar-refractivity contribution in [1.29, 1.82) is 0 Å². The van der Waals surface area contributed by atoms with E-state index in [1.54, 1.807) is 16.4 Å². The van der Waals surface area contributed by atoms with Gasteiger partial charge in [0.25, 0.3) is 5.91 Å². The van der Waals surface area contributed by atoms with Crippen LogP contribution in [0.25, 0.3) is 0 Å². The van der Waals surface area contributed by atoms with Gasteiger partial charge in [0.05, 0.1) is 7.11 Å². The second kappa shape index (κ2) is 9.27. The number of methoxy groups -OCH3 is 1. The summed E-state index contributed by atoms with van der Waals surface area (Å²) < 4.78 is 33.5. The fourth-order valence-corrected chi connectivity index (χ4v) is 6.15. The van der Waals surface area contributed by atoms with Gasteiger partial charge in [-0.1, -0.05) is 32.1 Å². The lowest BCUT2D eigenvalue weighted by atomic mass is 10.1. The molecule has 1 amide bonds. The third kappa shape index (κ3) is 4.69. The monoisotopic (exact) mass is 408 g/mol. The van der Waals surface area contributed by atoms with E-state index in [0.717, 1.165) is 44.9 Å². The zero-order valence-electron chi connectivity index (χ0n) is 16.9. The van der Waals surface area contributed by atoms with Crippen LogP contribution in [-0.2, 0) is 10.0 Å². The molecular formula is C21H32N2O4S. The van der Waals surface area contributed by atoms with Crippen LogP contribution in [0.3, 0.4) is 0 Å². The summed E-state index contributed by atoms with van der Waals surface area (Å²) in [6.45, 7) is 2.44. The minimum Gasteiger partial charge on any atom is -0.495 e. The SMILES string of the molecule is COc1ccc(C(=O)NC2CCCCCC2)cc1S(=O)(=O)N1CCCC[C@H]1C. The average molecular weight is 409 g/mol. The zero-order chi connectivity index (χ0) is 20.1. The molecule has 0 aromatic heterocycles. The van der Waals surface area contributed by atoms with Gasteiger partial charge in [-0.15, -0.1) is 0 Å². The van der Waals surface area contributed by atoms with Crippen molar-refractivity contribution >= 4 is 15.9 Å². The molecule has 28 heavy (non-hydrogen) atoms. The molecule has 1 saturated carbocycles. The molecule has 1 aromatic rings. The maximum absolute atomic E-state index is 13.3. The predicted octanol–water partition coefficient (Wildman–Crippen LogP) is 3.71. The molecular weight excluding hydrogens is 376 g/mol. The third-order valence-corrected chi connectivity index (χ3v) is 7.98. The van der Waals surface area contributed by atoms with Crippen LogP contribution in [0.5, 0.6) is 5.75 Å². The largest absolute Gasteiger partial charge is 0.495 e. The summed E-state index contributed by atoms with van der Waals surface area (Å²) in [4.78, 5) is 12.9. The molecule has 7 heteroatoms. The van der Waals surface area contributed by atoms with Gasteiger partial charge < -0.3 is 10.1 Å². The second-order valence-electron chi connectivity index (χ2n) is 7.99. The van der Waals surface area contributed by atoms with E-state index in [4.69, 9.17) is 4.74 Å². The van der Waals surface area contributed by atoms with E-state index in [1.807, 2.05) is 6.92 Å². The van der Waals surface area contributed by atoms with Crippen LogP contribution in [0, 0.1) is 0 Å². The fourth-order valence-electron chi connectivity index (χ4n) is 4.27. The van der Waals surface area contributed by atoms with Crippen LogP contribution >= 0.6 is 0 Å². The fraction of sp³-hybridized carbons (Fsp3) is 0.667. The highest BCUT2D eigenvalue weighted by Crippen LogP contribution is 2.31. The van der Waals surface area contributed by atoms with Crippen molar-refractivity contribution in [3.8, 4) is 5.75 Å². The summed E-state index contributed by atoms with van der Waals surface area (Å²) in [5, 5.41) is 3.09. The minimum absolute atomic E-state index is 0.0491.